The van der Waals surface area contributed by atoms with Gasteiger partial charge in [-0.15, -0.1) is 0 Å². The lowest BCUT2D eigenvalue weighted by Gasteiger charge is -2.06. The summed E-state index contributed by atoms with van der Waals surface area (Å²) >= 11 is 5.87. The quantitative estimate of drug-likeness (QED) is 0.777. The lowest BCUT2D eigenvalue weighted by atomic mass is 10.1. The van der Waals surface area contributed by atoms with Crippen molar-refractivity contribution >= 4 is 22.5 Å². The molecule has 0 bridgehead atoms. The third-order valence-corrected chi connectivity index (χ3v) is 2.56. The first kappa shape index (κ1) is 10.2. The molecule has 0 radical (unpaired) electrons. The maximum Gasteiger partial charge on any atom is 0.253 e. The summed E-state index contributed by atoms with van der Waals surface area (Å²) in [7, 11) is 0. The fourth-order valence-electron chi connectivity index (χ4n) is 1.53. The Balaban J connectivity index is 2.77. The Kier molecular flexibility index (Phi) is 2.50. The van der Waals surface area contributed by atoms with Crippen LogP contribution in [0.5, 0.6) is 0 Å². The SMILES string of the molecule is CC(N)c1cc2cc(Cl)ccc2[nH]c1=O. The van der Waals surface area contributed by atoms with Crippen LogP contribution in [0.25, 0.3) is 10.9 Å². The van der Waals surface area contributed by atoms with E-state index in [2.05, 4.69) is 4.98 Å². The standard InChI is InChI=1S/C11H11ClN2O/c1-6(13)9-5-7-4-8(12)2-3-10(7)14-11(9)15/h2-6H,13H2,1H3,(H,14,15). The van der Waals surface area contributed by atoms with Crippen LogP contribution >= 0.6 is 11.6 Å². The average molecular weight is 223 g/mol. The summed E-state index contributed by atoms with van der Waals surface area (Å²) < 4.78 is 0. The number of halogens is 1. The fraction of sp³-hybridized carbons (Fsp3) is 0.182. The normalized spacial score (nSPS) is 13.0. The van der Waals surface area contributed by atoms with Gasteiger partial charge in [-0.2, -0.15) is 0 Å². The molecule has 0 fully saturated rings. The predicted molar refractivity (Wildman–Crippen MR) is 62.2 cm³/mol. The molecule has 0 aliphatic heterocycles. The molecule has 2 rings (SSSR count). The summed E-state index contributed by atoms with van der Waals surface area (Å²) in [5.74, 6) is 0. The zero-order valence-electron chi connectivity index (χ0n) is 8.25. The Morgan fingerprint density at radius 1 is 1.40 bits per heavy atom. The Morgan fingerprint density at radius 2 is 2.13 bits per heavy atom. The molecule has 1 atom stereocenters. The number of aromatic amines is 1. The molecular formula is C11H11ClN2O. The molecule has 78 valence electrons. The molecule has 2 aromatic rings. The molecule has 0 amide bonds. The number of benzene rings is 1. The number of nitrogens with two attached hydrogens (primary N) is 1. The molecule has 0 saturated heterocycles. The minimum atomic E-state index is -0.280. The first-order valence-electron chi connectivity index (χ1n) is 4.66. The van der Waals surface area contributed by atoms with E-state index in [1.807, 2.05) is 0 Å². The van der Waals surface area contributed by atoms with Crippen LogP contribution in [0.15, 0.2) is 29.1 Å². The molecular weight excluding hydrogens is 212 g/mol. The van der Waals surface area contributed by atoms with Crippen LogP contribution in [0, 0.1) is 0 Å². The summed E-state index contributed by atoms with van der Waals surface area (Å²) in [6, 6.07) is 6.83. The first-order valence-corrected chi connectivity index (χ1v) is 5.04. The number of fused-ring (bicyclic) bond motifs is 1. The van der Waals surface area contributed by atoms with Gasteiger partial charge in [-0.1, -0.05) is 11.6 Å². The van der Waals surface area contributed by atoms with Gasteiger partial charge in [0.25, 0.3) is 5.56 Å². The summed E-state index contributed by atoms with van der Waals surface area (Å²) in [6.45, 7) is 1.78. The summed E-state index contributed by atoms with van der Waals surface area (Å²) in [6.07, 6.45) is 0. The molecule has 0 aliphatic carbocycles. The predicted octanol–water partition coefficient (Wildman–Crippen LogP) is 2.20. The number of hydrogen-bond donors (Lipinski definition) is 2. The van der Waals surface area contributed by atoms with E-state index in [1.165, 1.54) is 0 Å². The molecule has 3 nitrogen and oxygen atoms in total. The maximum atomic E-state index is 11.6. The smallest absolute Gasteiger partial charge is 0.253 e. The summed E-state index contributed by atoms with van der Waals surface area (Å²) in [5.41, 5.74) is 6.90. The molecule has 0 spiro atoms. The van der Waals surface area contributed by atoms with Crippen molar-refractivity contribution in [2.24, 2.45) is 5.73 Å². The molecule has 15 heavy (non-hydrogen) atoms. The highest BCUT2D eigenvalue weighted by molar-refractivity contribution is 6.31. The minimum Gasteiger partial charge on any atom is -0.324 e. The van der Waals surface area contributed by atoms with E-state index >= 15 is 0 Å². The van der Waals surface area contributed by atoms with Crippen molar-refractivity contribution in [3.05, 3.63) is 45.2 Å². The zero-order chi connectivity index (χ0) is 11.0. The Bertz CT molecular complexity index is 560. The van der Waals surface area contributed by atoms with Gasteiger partial charge in [0, 0.05) is 27.5 Å². The highest BCUT2D eigenvalue weighted by atomic mass is 35.5. The molecule has 1 heterocycles. The van der Waals surface area contributed by atoms with Crippen LogP contribution in [0.1, 0.15) is 18.5 Å². The molecule has 1 unspecified atom stereocenters. The second-order valence-corrected chi connectivity index (χ2v) is 4.01. The van der Waals surface area contributed by atoms with Gasteiger partial charge in [0.1, 0.15) is 0 Å². The highest BCUT2D eigenvalue weighted by Crippen LogP contribution is 2.18. The molecule has 0 saturated carbocycles. The van der Waals surface area contributed by atoms with Gasteiger partial charge in [-0.05, 0) is 31.2 Å². The van der Waals surface area contributed by atoms with E-state index in [1.54, 1.807) is 31.2 Å². The number of pyridine rings is 1. The van der Waals surface area contributed by atoms with Crippen LogP contribution in [0.2, 0.25) is 5.02 Å². The van der Waals surface area contributed by atoms with E-state index in [4.69, 9.17) is 17.3 Å². The topological polar surface area (TPSA) is 58.9 Å². The van der Waals surface area contributed by atoms with Gasteiger partial charge in [0.15, 0.2) is 0 Å². The minimum absolute atomic E-state index is 0.139. The van der Waals surface area contributed by atoms with Gasteiger partial charge in [-0.3, -0.25) is 4.79 Å². The first-order chi connectivity index (χ1) is 7.08. The van der Waals surface area contributed by atoms with Crippen molar-refractivity contribution < 1.29 is 0 Å². The molecule has 3 N–H and O–H groups in total. The number of H-pyrrole nitrogens is 1. The summed E-state index contributed by atoms with van der Waals surface area (Å²) in [5, 5.41) is 1.54. The van der Waals surface area contributed by atoms with Crippen LogP contribution in [-0.2, 0) is 0 Å². The molecule has 4 heteroatoms. The Hall–Kier alpha value is -1.32. The van der Waals surface area contributed by atoms with E-state index in [9.17, 15) is 4.79 Å². The van der Waals surface area contributed by atoms with E-state index in [0.29, 0.717) is 10.6 Å². The van der Waals surface area contributed by atoms with Crippen LogP contribution in [0.3, 0.4) is 0 Å². The monoisotopic (exact) mass is 222 g/mol. The van der Waals surface area contributed by atoms with E-state index in [-0.39, 0.29) is 11.6 Å². The van der Waals surface area contributed by atoms with E-state index < -0.39 is 0 Å². The second kappa shape index (κ2) is 3.68. The molecule has 1 aromatic heterocycles. The van der Waals surface area contributed by atoms with Gasteiger partial charge in [0.2, 0.25) is 0 Å². The van der Waals surface area contributed by atoms with E-state index in [0.717, 1.165) is 10.9 Å². The van der Waals surface area contributed by atoms with Gasteiger partial charge < -0.3 is 10.7 Å². The third kappa shape index (κ3) is 1.89. The third-order valence-electron chi connectivity index (χ3n) is 2.33. The highest BCUT2D eigenvalue weighted by Gasteiger charge is 2.06. The van der Waals surface area contributed by atoms with Crippen LogP contribution < -0.4 is 11.3 Å². The number of aromatic nitrogens is 1. The zero-order valence-corrected chi connectivity index (χ0v) is 9.01. The van der Waals surface area contributed by atoms with Crippen molar-refractivity contribution in [3.63, 3.8) is 0 Å². The lowest BCUT2D eigenvalue weighted by molar-refractivity contribution is 0.804. The van der Waals surface area contributed by atoms with Crippen LogP contribution in [-0.4, -0.2) is 4.98 Å². The van der Waals surface area contributed by atoms with Gasteiger partial charge in [-0.25, -0.2) is 0 Å². The van der Waals surface area contributed by atoms with Crippen molar-refractivity contribution in [1.82, 2.24) is 4.98 Å². The van der Waals surface area contributed by atoms with Crippen LogP contribution in [0.4, 0.5) is 0 Å². The number of rotatable bonds is 1. The Morgan fingerprint density at radius 3 is 2.80 bits per heavy atom. The largest absolute Gasteiger partial charge is 0.324 e. The fourth-order valence-corrected chi connectivity index (χ4v) is 1.71. The Labute approximate surface area is 91.9 Å². The second-order valence-electron chi connectivity index (χ2n) is 3.57. The number of hydrogen-bond acceptors (Lipinski definition) is 2. The van der Waals surface area contributed by atoms with Crippen molar-refractivity contribution in [1.29, 1.82) is 0 Å². The lowest BCUT2D eigenvalue weighted by Crippen LogP contribution is -2.19. The number of nitrogens with one attached hydrogen (secondary N) is 1. The maximum absolute atomic E-state index is 11.6. The molecule has 1 aromatic carbocycles. The van der Waals surface area contributed by atoms with Crippen molar-refractivity contribution in [2.45, 2.75) is 13.0 Å². The van der Waals surface area contributed by atoms with Crippen molar-refractivity contribution in [2.75, 3.05) is 0 Å². The molecule has 0 aliphatic rings. The van der Waals surface area contributed by atoms with Crippen molar-refractivity contribution in [3.8, 4) is 0 Å². The van der Waals surface area contributed by atoms with Gasteiger partial charge >= 0.3 is 0 Å². The summed E-state index contributed by atoms with van der Waals surface area (Å²) in [4.78, 5) is 14.4. The van der Waals surface area contributed by atoms with Gasteiger partial charge in [0.05, 0.1) is 0 Å². The average Bonchev–Trinajstić information content (AvgIpc) is 2.17.